The van der Waals surface area contributed by atoms with Crippen molar-refractivity contribution in [2.45, 2.75) is 56.3 Å². The highest BCUT2D eigenvalue weighted by molar-refractivity contribution is 4.95. The molecule has 25 heavy (non-hydrogen) atoms. The fourth-order valence-electron chi connectivity index (χ4n) is 3.73. The molecule has 0 spiro atoms. The van der Waals surface area contributed by atoms with Crippen molar-refractivity contribution in [1.82, 2.24) is 0 Å². The smallest absolute Gasteiger partial charge is 0.166 e. The van der Waals surface area contributed by atoms with Gasteiger partial charge in [0, 0.05) is 25.6 Å². The van der Waals surface area contributed by atoms with E-state index in [2.05, 4.69) is 0 Å². The van der Waals surface area contributed by atoms with Crippen molar-refractivity contribution in [3.63, 3.8) is 0 Å². The van der Waals surface area contributed by atoms with Gasteiger partial charge in [0.2, 0.25) is 0 Å². The topological polar surface area (TPSA) is 149 Å². The summed E-state index contributed by atoms with van der Waals surface area (Å²) >= 11 is 0. The molecule has 1 aliphatic carbocycles. The molecule has 2 aliphatic rings. The maximum absolute atomic E-state index is 10.4. The molecule has 148 valence electrons. The molecule has 4 unspecified atom stereocenters. The molecule has 1 heterocycles. The third-order valence-corrected chi connectivity index (χ3v) is 5.51. The molecule has 9 heteroatoms. The Labute approximate surface area is 146 Å². The van der Waals surface area contributed by atoms with Crippen LogP contribution in [0.15, 0.2) is 0 Å². The van der Waals surface area contributed by atoms with Crippen LogP contribution in [0.4, 0.5) is 0 Å². The van der Waals surface area contributed by atoms with E-state index in [1.807, 2.05) is 0 Å². The van der Waals surface area contributed by atoms with Crippen molar-refractivity contribution < 1.29 is 44.8 Å². The number of methoxy groups -OCH3 is 1. The highest BCUT2D eigenvalue weighted by Crippen LogP contribution is 2.35. The summed E-state index contributed by atoms with van der Waals surface area (Å²) in [5.74, 6) is -1.70. The molecule has 0 aromatic carbocycles. The Balaban J connectivity index is 2.16. The van der Waals surface area contributed by atoms with E-state index in [9.17, 15) is 30.6 Å². The van der Waals surface area contributed by atoms with Crippen molar-refractivity contribution in [2.24, 2.45) is 17.8 Å². The van der Waals surface area contributed by atoms with Crippen LogP contribution in [0.1, 0.15) is 13.3 Å². The zero-order valence-corrected chi connectivity index (χ0v) is 14.5. The van der Waals surface area contributed by atoms with Crippen LogP contribution in [0.25, 0.3) is 0 Å². The zero-order chi connectivity index (χ0) is 18.7. The number of hydrogen-bond acceptors (Lipinski definition) is 9. The summed E-state index contributed by atoms with van der Waals surface area (Å²) in [5.41, 5.74) is 0. The van der Waals surface area contributed by atoms with Crippen molar-refractivity contribution in [1.29, 1.82) is 0 Å². The molecule has 2 fully saturated rings. The second kappa shape index (κ2) is 9.03. The van der Waals surface area contributed by atoms with Crippen LogP contribution in [0, 0.1) is 17.8 Å². The molecule has 1 saturated heterocycles. The first-order chi connectivity index (χ1) is 11.9. The van der Waals surface area contributed by atoms with Crippen molar-refractivity contribution in [2.75, 3.05) is 26.9 Å². The Bertz CT molecular complexity index is 407. The molecule has 2 rings (SSSR count). The molecule has 9 nitrogen and oxygen atoms in total. The summed E-state index contributed by atoms with van der Waals surface area (Å²) in [4.78, 5) is 0. The Morgan fingerprint density at radius 2 is 1.64 bits per heavy atom. The van der Waals surface area contributed by atoms with Gasteiger partial charge in [0.1, 0.15) is 12.2 Å². The van der Waals surface area contributed by atoms with Gasteiger partial charge in [-0.1, -0.05) is 6.92 Å². The van der Waals surface area contributed by atoms with E-state index in [1.165, 1.54) is 7.11 Å². The largest absolute Gasteiger partial charge is 0.396 e. The maximum Gasteiger partial charge on any atom is 0.166 e. The lowest BCUT2D eigenvalue weighted by Gasteiger charge is -2.47. The maximum atomic E-state index is 10.4. The number of rotatable bonds is 6. The number of ether oxygens (including phenoxy) is 3. The van der Waals surface area contributed by atoms with Crippen LogP contribution in [-0.2, 0) is 14.2 Å². The molecule has 1 saturated carbocycles. The fraction of sp³-hybridized carbons (Fsp3) is 1.00. The molecule has 1 aliphatic heterocycles. The van der Waals surface area contributed by atoms with Gasteiger partial charge in [0.25, 0.3) is 0 Å². The molecule has 0 amide bonds. The van der Waals surface area contributed by atoms with Gasteiger partial charge in [-0.25, -0.2) is 0 Å². The lowest BCUT2D eigenvalue weighted by molar-refractivity contribution is -0.314. The van der Waals surface area contributed by atoms with Crippen molar-refractivity contribution in [3.05, 3.63) is 0 Å². The van der Waals surface area contributed by atoms with E-state index < -0.39 is 67.3 Å². The van der Waals surface area contributed by atoms with E-state index in [4.69, 9.17) is 14.2 Å². The van der Waals surface area contributed by atoms with Gasteiger partial charge < -0.3 is 44.8 Å². The van der Waals surface area contributed by atoms with Crippen LogP contribution in [0.3, 0.4) is 0 Å². The monoisotopic (exact) mass is 366 g/mol. The van der Waals surface area contributed by atoms with E-state index >= 15 is 0 Å². The second-order valence-electron chi connectivity index (χ2n) is 6.96. The van der Waals surface area contributed by atoms with Crippen molar-refractivity contribution in [3.8, 4) is 0 Å². The van der Waals surface area contributed by atoms with Crippen LogP contribution in [0.5, 0.6) is 0 Å². The Morgan fingerprint density at radius 1 is 0.960 bits per heavy atom. The summed E-state index contributed by atoms with van der Waals surface area (Å²) in [6.07, 6.45) is -6.61. The molecular formula is C16H30O9. The van der Waals surface area contributed by atoms with Crippen LogP contribution < -0.4 is 0 Å². The standard InChI is InChI=1S/C16H30O9/c1-7-11(6-19)24-16(9(5-18)12(7)20)25-15-8(4-17)3-10(23-2)13(21)14(15)22/h7-22H,3-6H2,1-2H3/t7-,8+,9?,10-,11?,12+,13?,14?,15-,16+/m1/s1. The average molecular weight is 366 g/mol. The lowest BCUT2D eigenvalue weighted by Crippen LogP contribution is -2.60. The summed E-state index contributed by atoms with van der Waals surface area (Å²) in [5, 5.41) is 59.5. The SMILES string of the molecule is CO[C@@H]1C[C@@H](CO)[C@@H](O[C@@H]2OC(CO)[C@@H](C)[C@H](O)C2CO)C(O)C1O. The number of aliphatic hydroxyl groups excluding tert-OH is 6. The van der Waals surface area contributed by atoms with Gasteiger partial charge in [0.05, 0.1) is 43.5 Å². The normalized spacial score (nSPS) is 48.5. The third kappa shape index (κ3) is 4.15. The highest BCUT2D eigenvalue weighted by Gasteiger charge is 2.49. The van der Waals surface area contributed by atoms with Gasteiger partial charge in [-0.3, -0.25) is 0 Å². The number of aliphatic hydroxyl groups is 6. The van der Waals surface area contributed by atoms with Crippen LogP contribution >= 0.6 is 0 Å². The minimum atomic E-state index is -1.33. The number of hydrogen-bond donors (Lipinski definition) is 6. The van der Waals surface area contributed by atoms with Crippen LogP contribution in [-0.4, -0.2) is 100 Å². The molecular weight excluding hydrogens is 336 g/mol. The highest BCUT2D eigenvalue weighted by atomic mass is 16.7. The predicted molar refractivity (Wildman–Crippen MR) is 84.4 cm³/mol. The minimum Gasteiger partial charge on any atom is -0.396 e. The quantitative estimate of drug-likeness (QED) is 0.298. The average Bonchev–Trinajstić information content (AvgIpc) is 2.62. The van der Waals surface area contributed by atoms with Gasteiger partial charge in [0.15, 0.2) is 6.29 Å². The zero-order valence-electron chi connectivity index (χ0n) is 14.5. The van der Waals surface area contributed by atoms with Gasteiger partial charge in [-0.15, -0.1) is 0 Å². The second-order valence-corrected chi connectivity index (χ2v) is 6.96. The Kier molecular flexibility index (Phi) is 7.56. The molecule has 10 atom stereocenters. The van der Waals surface area contributed by atoms with Gasteiger partial charge in [-0.2, -0.15) is 0 Å². The first kappa shape index (κ1) is 20.9. The third-order valence-electron chi connectivity index (χ3n) is 5.51. The Morgan fingerprint density at radius 3 is 2.16 bits per heavy atom. The molecule has 0 bridgehead atoms. The predicted octanol–water partition coefficient (Wildman–Crippen LogP) is -2.56. The summed E-state index contributed by atoms with van der Waals surface area (Å²) < 4.78 is 16.6. The summed E-state index contributed by atoms with van der Waals surface area (Å²) in [7, 11) is 1.41. The van der Waals surface area contributed by atoms with Gasteiger partial charge in [-0.05, 0) is 6.42 Å². The van der Waals surface area contributed by atoms with E-state index in [0.29, 0.717) is 0 Å². The van der Waals surface area contributed by atoms with E-state index in [-0.39, 0.29) is 19.6 Å². The fourth-order valence-corrected chi connectivity index (χ4v) is 3.73. The first-order valence-electron chi connectivity index (χ1n) is 8.60. The summed E-state index contributed by atoms with van der Waals surface area (Å²) in [6.45, 7) is 0.655. The minimum absolute atomic E-state index is 0.273. The summed E-state index contributed by atoms with van der Waals surface area (Å²) in [6, 6.07) is 0. The van der Waals surface area contributed by atoms with E-state index in [1.54, 1.807) is 6.92 Å². The van der Waals surface area contributed by atoms with Crippen LogP contribution in [0.2, 0.25) is 0 Å². The van der Waals surface area contributed by atoms with Gasteiger partial charge >= 0.3 is 0 Å². The molecule has 0 aromatic heterocycles. The Hall–Kier alpha value is -0.360. The lowest BCUT2D eigenvalue weighted by atomic mass is 9.80. The molecule has 6 N–H and O–H groups in total. The van der Waals surface area contributed by atoms with E-state index in [0.717, 1.165) is 0 Å². The molecule has 0 radical (unpaired) electrons. The first-order valence-corrected chi connectivity index (χ1v) is 8.60. The van der Waals surface area contributed by atoms with Crippen molar-refractivity contribution >= 4 is 0 Å². The molecule has 0 aromatic rings.